The molecule has 4 aromatic heterocycles. The van der Waals surface area contributed by atoms with E-state index in [1.165, 1.54) is 0 Å². The number of hydrogen-bond donors (Lipinski definition) is 5. The number of benzene rings is 2. The number of primary amides is 2. The van der Waals surface area contributed by atoms with E-state index in [1.807, 2.05) is 43.8 Å². The third kappa shape index (κ3) is 6.18. The molecule has 6 rings (SSSR count). The molecule has 6 aromatic rings. The van der Waals surface area contributed by atoms with E-state index >= 15 is 0 Å². The van der Waals surface area contributed by atoms with Gasteiger partial charge in [-0.15, -0.1) is 0 Å². The van der Waals surface area contributed by atoms with E-state index in [1.54, 1.807) is 41.1 Å². The Hall–Kier alpha value is -6.32. The van der Waals surface area contributed by atoms with Gasteiger partial charge in [-0.3, -0.25) is 39.6 Å². The van der Waals surface area contributed by atoms with Gasteiger partial charge in [-0.1, -0.05) is 0 Å². The summed E-state index contributed by atoms with van der Waals surface area (Å²) in [6.45, 7) is 10.7. The lowest BCUT2D eigenvalue weighted by atomic mass is 10.2. The summed E-state index contributed by atoms with van der Waals surface area (Å²) in [5.41, 5.74) is 17.8. The molecule has 0 aliphatic rings. The Balaban J connectivity index is 1.27. The first-order valence-corrected chi connectivity index (χ1v) is 16.2. The van der Waals surface area contributed by atoms with Crippen molar-refractivity contribution in [3.63, 3.8) is 0 Å². The third-order valence-electron chi connectivity index (χ3n) is 8.94. The van der Waals surface area contributed by atoms with Crippen molar-refractivity contribution in [1.82, 2.24) is 39.1 Å². The average molecular weight is 679 g/mol. The number of unbranched alkanes of at least 4 members (excludes halogenated alkanes) is 1. The molecule has 4 heterocycles. The predicted molar refractivity (Wildman–Crippen MR) is 187 cm³/mol. The van der Waals surface area contributed by atoms with Gasteiger partial charge in [0.05, 0.1) is 27.8 Å². The molecule has 16 heteroatoms. The summed E-state index contributed by atoms with van der Waals surface area (Å²) in [5.74, 6) is -1.32. The number of carbonyl (C=O) groups excluding carboxylic acids is 4. The molecule has 0 bridgehead atoms. The van der Waals surface area contributed by atoms with Crippen LogP contribution in [0.15, 0.2) is 36.4 Å². The highest BCUT2D eigenvalue weighted by Gasteiger charge is 2.23. The van der Waals surface area contributed by atoms with Crippen LogP contribution in [0, 0.1) is 27.7 Å². The monoisotopic (exact) mass is 678 g/mol. The third-order valence-corrected chi connectivity index (χ3v) is 8.94. The molecule has 50 heavy (non-hydrogen) atoms. The molecule has 0 saturated carbocycles. The van der Waals surface area contributed by atoms with Gasteiger partial charge in [0.25, 0.3) is 11.8 Å². The minimum Gasteiger partial charge on any atom is -0.366 e. The number of hydrogen-bond acceptors (Lipinski definition) is 8. The standard InChI is InChI=1S/C34H38N12O4/c1-6-46-28(18(3)20(5)43-46)32(50)40-34-38-24-16-22(30(36)48)10-12-26(24)45(34)14-8-7-13-44-25-11-9-21(29(35)47)15-23(25)37-33(44)39-31(49)27-17(2)19(4)41-42-27/h9-12,15-16H,6-8,13-14H2,1-5H3,(H2,35,47)(H2,36,48)(H,41,42)(H,37,39,49)(H,38,40,50). The molecule has 0 spiro atoms. The quantitative estimate of drug-likeness (QED) is 0.120. The molecule has 0 aliphatic carbocycles. The van der Waals surface area contributed by atoms with Crippen molar-refractivity contribution in [2.75, 3.05) is 10.6 Å². The second-order valence-corrected chi connectivity index (χ2v) is 12.1. The summed E-state index contributed by atoms with van der Waals surface area (Å²) >= 11 is 0. The largest absolute Gasteiger partial charge is 0.366 e. The van der Waals surface area contributed by atoms with Gasteiger partial charge < -0.3 is 20.6 Å². The maximum atomic E-state index is 13.6. The van der Waals surface area contributed by atoms with E-state index in [2.05, 4.69) is 35.9 Å². The van der Waals surface area contributed by atoms with Crippen molar-refractivity contribution in [3.8, 4) is 0 Å². The summed E-state index contributed by atoms with van der Waals surface area (Å²) in [4.78, 5) is 59.9. The predicted octanol–water partition coefficient (Wildman–Crippen LogP) is 3.74. The molecule has 2 aromatic carbocycles. The molecular weight excluding hydrogens is 640 g/mol. The van der Waals surface area contributed by atoms with Gasteiger partial charge in [0.2, 0.25) is 23.7 Å². The number of H-pyrrole nitrogens is 1. The highest BCUT2D eigenvalue weighted by Crippen LogP contribution is 2.26. The first kappa shape index (κ1) is 33.6. The van der Waals surface area contributed by atoms with Crippen LogP contribution in [0.25, 0.3) is 22.1 Å². The Labute approximate surface area is 286 Å². The lowest BCUT2D eigenvalue weighted by Gasteiger charge is -2.13. The van der Waals surface area contributed by atoms with Crippen molar-refractivity contribution < 1.29 is 19.2 Å². The average Bonchev–Trinajstić information content (AvgIpc) is 3.80. The minimum absolute atomic E-state index is 0.257. The number of aromatic amines is 1. The lowest BCUT2D eigenvalue weighted by molar-refractivity contribution is 0.0992. The first-order valence-electron chi connectivity index (χ1n) is 16.2. The molecule has 0 unspecified atom stereocenters. The Morgan fingerprint density at radius 2 is 1.28 bits per heavy atom. The number of amides is 4. The van der Waals surface area contributed by atoms with Crippen LogP contribution in [0.1, 0.15) is 84.0 Å². The topological polar surface area (TPSA) is 227 Å². The van der Waals surface area contributed by atoms with Crippen molar-refractivity contribution in [2.24, 2.45) is 11.5 Å². The number of nitrogens with one attached hydrogen (secondary N) is 3. The van der Waals surface area contributed by atoms with Crippen molar-refractivity contribution in [2.45, 2.75) is 67.1 Å². The van der Waals surface area contributed by atoms with E-state index in [-0.39, 0.29) is 11.6 Å². The van der Waals surface area contributed by atoms with Crippen LogP contribution in [0.2, 0.25) is 0 Å². The number of aromatic nitrogens is 8. The Kier molecular flexibility index (Phi) is 8.93. The lowest BCUT2D eigenvalue weighted by Crippen LogP contribution is -2.21. The van der Waals surface area contributed by atoms with Gasteiger partial charge in [-0.2, -0.15) is 10.2 Å². The number of carbonyl (C=O) groups is 4. The molecule has 0 aliphatic heterocycles. The Bertz CT molecular complexity index is 2320. The van der Waals surface area contributed by atoms with Crippen LogP contribution in [-0.4, -0.2) is 62.7 Å². The van der Waals surface area contributed by atoms with E-state index in [4.69, 9.17) is 11.5 Å². The van der Waals surface area contributed by atoms with E-state index in [0.717, 1.165) is 22.5 Å². The fourth-order valence-corrected chi connectivity index (χ4v) is 5.96. The van der Waals surface area contributed by atoms with Crippen LogP contribution in [-0.2, 0) is 19.6 Å². The molecule has 16 nitrogen and oxygen atoms in total. The van der Waals surface area contributed by atoms with Crippen LogP contribution in [0.3, 0.4) is 0 Å². The maximum Gasteiger partial charge on any atom is 0.278 e. The summed E-state index contributed by atoms with van der Waals surface area (Å²) in [7, 11) is 0. The molecule has 0 saturated heterocycles. The fraction of sp³-hybridized carbons (Fsp3) is 0.294. The first-order chi connectivity index (χ1) is 23.9. The fourth-order valence-electron chi connectivity index (χ4n) is 5.96. The summed E-state index contributed by atoms with van der Waals surface area (Å²) in [5, 5.41) is 17.3. The van der Waals surface area contributed by atoms with E-state index in [0.29, 0.717) is 83.3 Å². The zero-order chi connectivity index (χ0) is 35.9. The smallest absolute Gasteiger partial charge is 0.278 e. The number of aryl methyl sites for hydroxylation is 5. The number of anilines is 2. The zero-order valence-corrected chi connectivity index (χ0v) is 28.4. The normalized spacial score (nSPS) is 11.4. The van der Waals surface area contributed by atoms with Gasteiger partial charge in [0.1, 0.15) is 5.69 Å². The zero-order valence-electron chi connectivity index (χ0n) is 28.4. The molecule has 7 N–H and O–H groups in total. The van der Waals surface area contributed by atoms with Crippen molar-refractivity contribution in [1.29, 1.82) is 0 Å². The van der Waals surface area contributed by atoms with Crippen molar-refractivity contribution in [3.05, 3.63) is 81.4 Å². The van der Waals surface area contributed by atoms with Gasteiger partial charge in [0.15, 0.2) is 5.69 Å². The van der Waals surface area contributed by atoms with Crippen LogP contribution in [0.5, 0.6) is 0 Å². The SMILES string of the molecule is CCn1nc(C)c(C)c1C(=O)Nc1nc2cc(C(N)=O)ccc2n1CCCCn1c(NC(=O)c2n[nH]c(C)c2C)nc2cc(C(N)=O)ccc21. The van der Waals surface area contributed by atoms with E-state index in [9.17, 15) is 19.2 Å². The highest BCUT2D eigenvalue weighted by molar-refractivity contribution is 6.05. The number of imidazole rings is 2. The second kappa shape index (κ2) is 13.3. The molecular formula is C34H38N12O4. The van der Waals surface area contributed by atoms with Crippen LogP contribution in [0.4, 0.5) is 11.9 Å². The van der Waals surface area contributed by atoms with Gasteiger partial charge in [0, 0.05) is 47.6 Å². The Morgan fingerprint density at radius 3 is 1.74 bits per heavy atom. The number of fused-ring (bicyclic) bond motifs is 2. The highest BCUT2D eigenvalue weighted by atomic mass is 16.2. The molecule has 0 atom stereocenters. The summed E-state index contributed by atoms with van der Waals surface area (Å²) in [6.07, 6.45) is 1.25. The van der Waals surface area contributed by atoms with Crippen LogP contribution < -0.4 is 22.1 Å². The maximum absolute atomic E-state index is 13.6. The van der Waals surface area contributed by atoms with E-state index < -0.39 is 17.7 Å². The summed E-state index contributed by atoms with van der Waals surface area (Å²) < 4.78 is 5.42. The summed E-state index contributed by atoms with van der Waals surface area (Å²) in [6, 6.07) is 9.95. The van der Waals surface area contributed by atoms with Gasteiger partial charge >= 0.3 is 0 Å². The minimum atomic E-state index is -0.586. The number of nitrogens with zero attached hydrogens (tertiary/aromatic N) is 7. The van der Waals surface area contributed by atoms with Crippen LogP contribution >= 0.6 is 0 Å². The van der Waals surface area contributed by atoms with Gasteiger partial charge in [-0.05, 0) is 83.9 Å². The molecule has 0 radical (unpaired) electrons. The molecule has 258 valence electrons. The van der Waals surface area contributed by atoms with Crippen molar-refractivity contribution >= 4 is 57.6 Å². The number of nitrogens with two attached hydrogens (primary N) is 2. The number of rotatable bonds is 12. The second-order valence-electron chi connectivity index (χ2n) is 12.1. The Morgan fingerprint density at radius 1 is 0.760 bits per heavy atom. The molecule has 0 fully saturated rings. The van der Waals surface area contributed by atoms with Gasteiger partial charge in [-0.25, -0.2) is 9.97 Å². The molecule has 4 amide bonds.